The summed E-state index contributed by atoms with van der Waals surface area (Å²) in [6.07, 6.45) is 0.166. The highest BCUT2D eigenvalue weighted by Crippen LogP contribution is 2.26. The molecule has 0 aliphatic carbocycles. The van der Waals surface area contributed by atoms with Crippen molar-refractivity contribution in [3.8, 4) is 0 Å². The second kappa shape index (κ2) is 7.17. The van der Waals surface area contributed by atoms with E-state index >= 15 is 0 Å². The Balaban J connectivity index is 1.44. The van der Waals surface area contributed by atoms with Crippen LogP contribution in [0.25, 0.3) is 0 Å². The van der Waals surface area contributed by atoms with E-state index in [2.05, 4.69) is 10.2 Å². The second-order valence-corrected chi connectivity index (χ2v) is 6.45. The number of nitrogens with one attached hydrogen (secondary N) is 1. The quantitative estimate of drug-likeness (QED) is 0.856. The van der Waals surface area contributed by atoms with Crippen LogP contribution in [0.4, 0.5) is 17.1 Å². The van der Waals surface area contributed by atoms with Crippen molar-refractivity contribution in [3.63, 3.8) is 0 Å². The molecule has 2 aromatic carbocycles. The lowest BCUT2D eigenvalue weighted by molar-refractivity contribution is -0.121. The van der Waals surface area contributed by atoms with Crippen molar-refractivity contribution < 1.29 is 14.3 Å². The Labute approximate surface area is 152 Å². The van der Waals surface area contributed by atoms with Gasteiger partial charge in [0.25, 0.3) is 5.91 Å². The SMILES string of the molecule is O=C1C[C@@H](Nc2ccc(N3CCOCC3)cc2)C(=O)N1c1ccccc1. The lowest BCUT2D eigenvalue weighted by Crippen LogP contribution is -2.36. The van der Waals surface area contributed by atoms with Gasteiger partial charge in [-0.05, 0) is 36.4 Å². The highest BCUT2D eigenvalue weighted by molar-refractivity contribution is 6.23. The first-order chi connectivity index (χ1) is 12.7. The highest BCUT2D eigenvalue weighted by Gasteiger charge is 2.39. The van der Waals surface area contributed by atoms with Crippen molar-refractivity contribution in [2.75, 3.05) is 41.4 Å². The van der Waals surface area contributed by atoms with Gasteiger partial charge in [-0.3, -0.25) is 9.59 Å². The first kappa shape index (κ1) is 16.6. The summed E-state index contributed by atoms with van der Waals surface area (Å²) < 4.78 is 5.37. The Hall–Kier alpha value is -2.86. The van der Waals surface area contributed by atoms with Gasteiger partial charge < -0.3 is 15.0 Å². The van der Waals surface area contributed by atoms with Gasteiger partial charge in [0.05, 0.1) is 25.3 Å². The Kier molecular flexibility index (Phi) is 4.58. The molecule has 2 heterocycles. The Morgan fingerprint density at radius 3 is 2.27 bits per heavy atom. The van der Waals surface area contributed by atoms with E-state index in [1.165, 1.54) is 4.90 Å². The minimum absolute atomic E-state index is 0.166. The van der Waals surface area contributed by atoms with Crippen LogP contribution in [0.3, 0.4) is 0 Å². The van der Waals surface area contributed by atoms with Crippen molar-refractivity contribution in [1.82, 2.24) is 0 Å². The fourth-order valence-corrected chi connectivity index (χ4v) is 3.38. The number of rotatable bonds is 4. The van der Waals surface area contributed by atoms with Crippen LogP contribution < -0.4 is 15.1 Å². The molecule has 1 N–H and O–H groups in total. The molecule has 2 amide bonds. The van der Waals surface area contributed by atoms with E-state index in [-0.39, 0.29) is 18.2 Å². The first-order valence-electron chi connectivity index (χ1n) is 8.83. The number of hydrogen-bond donors (Lipinski definition) is 1. The third-order valence-corrected chi connectivity index (χ3v) is 4.75. The minimum atomic E-state index is -0.531. The zero-order valence-electron chi connectivity index (χ0n) is 14.4. The molecule has 0 radical (unpaired) electrons. The Morgan fingerprint density at radius 2 is 1.58 bits per heavy atom. The van der Waals surface area contributed by atoms with E-state index in [4.69, 9.17) is 4.74 Å². The minimum Gasteiger partial charge on any atom is -0.378 e. The van der Waals surface area contributed by atoms with Crippen molar-refractivity contribution in [2.24, 2.45) is 0 Å². The van der Waals surface area contributed by atoms with Crippen LogP contribution >= 0.6 is 0 Å². The second-order valence-electron chi connectivity index (χ2n) is 6.45. The van der Waals surface area contributed by atoms with Gasteiger partial charge in [0.1, 0.15) is 6.04 Å². The zero-order valence-corrected chi connectivity index (χ0v) is 14.4. The van der Waals surface area contributed by atoms with Gasteiger partial charge in [-0.1, -0.05) is 18.2 Å². The fraction of sp³-hybridized carbons (Fsp3) is 0.300. The Morgan fingerprint density at radius 1 is 0.885 bits per heavy atom. The fourth-order valence-electron chi connectivity index (χ4n) is 3.38. The maximum atomic E-state index is 12.7. The van der Waals surface area contributed by atoms with Gasteiger partial charge in [-0.2, -0.15) is 0 Å². The number of nitrogens with zero attached hydrogens (tertiary/aromatic N) is 2. The third kappa shape index (κ3) is 3.28. The number of carbonyl (C=O) groups is 2. The number of hydrogen-bond acceptors (Lipinski definition) is 5. The van der Waals surface area contributed by atoms with Gasteiger partial charge in [-0.15, -0.1) is 0 Å². The molecule has 2 saturated heterocycles. The molecule has 4 rings (SSSR count). The normalized spacial score (nSPS) is 20.5. The maximum Gasteiger partial charge on any atom is 0.256 e. The molecule has 2 aromatic rings. The van der Waals surface area contributed by atoms with E-state index in [0.29, 0.717) is 5.69 Å². The van der Waals surface area contributed by atoms with Crippen molar-refractivity contribution >= 4 is 28.9 Å². The Bertz CT molecular complexity index is 786. The lowest BCUT2D eigenvalue weighted by Gasteiger charge is -2.29. The third-order valence-electron chi connectivity index (χ3n) is 4.75. The van der Waals surface area contributed by atoms with Gasteiger partial charge in [-0.25, -0.2) is 4.90 Å². The van der Waals surface area contributed by atoms with Crippen LogP contribution in [0.1, 0.15) is 6.42 Å². The van der Waals surface area contributed by atoms with Crippen LogP contribution in [0.2, 0.25) is 0 Å². The predicted octanol–water partition coefficient (Wildman–Crippen LogP) is 2.27. The van der Waals surface area contributed by atoms with E-state index in [0.717, 1.165) is 37.7 Å². The summed E-state index contributed by atoms with van der Waals surface area (Å²) >= 11 is 0. The summed E-state index contributed by atoms with van der Waals surface area (Å²) in [5.74, 6) is -0.387. The molecule has 1 atom stereocenters. The molecule has 26 heavy (non-hydrogen) atoms. The number of morpholine rings is 1. The van der Waals surface area contributed by atoms with E-state index in [9.17, 15) is 9.59 Å². The number of carbonyl (C=O) groups excluding carboxylic acids is 2. The summed E-state index contributed by atoms with van der Waals surface area (Å²) in [6, 6.07) is 16.5. The molecule has 0 spiro atoms. The smallest absolute Gasteiger partial charge is 0.256 e. The molecule has 0 aromatic heterocycles. The summed E-state index contributed by atoms with van der Waals surface area (Å²) in [5, 5.41) is 3.20. The molecule has 0 unspecified atom stereocenters. The number of anilines is 3. The van der Waals surface area contributed by atoms with E-state index in [1.54, 1.807) is 12.1 Å². The molecular weight excluding hydrogens is 330 g/mol. The first-order valence-corrected chi connectivity index (χ1v) is 8.83. The topological polar surface area (TPSA) is 61.9 Å². The van der Waals surface area contributed by atoms with Crippen molar-refractivity contribution in [2.45, 2.75) is 12.5 Å². The molecule has 2 aliphatic rings. The summed E-state index contributed by atoms with van der Waals surface area (Å²) in [6.45, 7) is 3.25. The molecule has 134 valence electrons. The predicted molar refractivity (Wildman–Crippen MR) is 100 cm³/mol. The van der Waals surface area contributed by atoms with E-state index in [1.807, 2.05) is 42.5 Å². The lowest BCUT2D eigenvalue weighted by atomic mass is 10.2. The number of para-hydroxylation sites is 1. The molecule has 2 fully saturated rings. The number of imide groups is 1. The van der Waals surface area contributed by atoms with Gasteiger partial charge in [0, 0.05) is 24.5 Å². The highest BCUT2D eigenvalue weighted by atomic mass is 16.5. The van der Waals surface area contributed by atoms with Crippen LogP contribution in [0, 0.1) is 0 Å². The van der Waals surface area contributed by atoms with Gasteiger partial charge in [0.2, 0.25) is 5.91 Å². The van der Waals surface area contributed by atoms with Crippen molar-refractivity contribution in [3.05, 3.63) is 54.6 Å². The van der Waals surface area contributed by atoms with Crippen LogP contribution in [-0.4, -0.2) is 44.2 Å². The molecule has 0 bridgehead atoms. The summed E-state index contributed by atoms with van der Waals surface area (Å²) in [4.78, 5) is 28.5. The van der Waals surface area contributed by atoms with E-state index < -0.39 is 6.04 Å². The maximum absolute atomic E-state index is 12.7. The van der Waals surface area contributed by atoms with Crippen LogP contribution in [-0.2, 0) is 14.3 Å². The van der Waals surface area contributed by atoms with Crippen LogP contribution in [0.5, 0.6) is 0 Å². The zero-order chi connectivity index (χ0) is 17.9. The summed E-state index contributed by atoms with van der Waals surface area (Å²) in [7, 11) is 0. The molecule has 6 nitrogen and oxygen atoms in total. The standard InChI is InChI=1S/C20H21N3O3/c24-19-14-18(20(25)23(19)17-4-2-1-3-5-17)21-15-6-8-16(9-7-15)22-10-12-26-13-11-22/h1-9,18,21H,10-14H2/t18-/m1/s1. The molecular formula is C20H21N3O3. The van der Waals surface area contributed by atoms with Crippen molar-refractivity contribution in [1.29, 1.82) is 0 Å². The largest absolute Gasteiger partial charge is 0.378 e. The number of amides is 2. The average Bonchev–Trinajstić information content (AvgIpc) is 2.97. The monoisotopic (exact) mass is 351 g/mol. The summed E-state index contributed by atoms with van der Waals surface area (Å²) in [5.41, 5.74) is 2.59. The molecule has 6 heteroatoms. The van der Waals surface area contributed by atoms with Gasteiger partial charge >= 0.3 is 0 Å². The molecule has 0 saturated carbocycles. The number of ether oxygens (including phenoxy) is 1. The average molecular weight is 351 g/mol. The molecule has 2 aliphatic heterocycles. The van der Waals surface area contributed by atoms with Crippen LogP contribution in [0.15, 0.2) is 54.6 Å². The number of benzene rings is 2. The van der Waals surface area contributed by atoms with Gasteiger partial charge in [0.15, 0.2) is 0 Å².